The lowest BCUT2D eigenvalue weighted by atomic mass is 10.2. The smallest absolute Gasteiger partial charge is 0.354 e. The van der Waals surface area contributed by atoms with E-state index in [4.69, 9.17) is 31.2 Å². The summed E-state index contributed by atoms with van der Waals surface area (Å²) in [6.45, 7) is -0.607. The number of aliphatic hydroxyl groups is 4. The molecule has 0 radical (unpaired) electrons. The number of ether oxygens (including phenoxy) is 2. The largest absolute Gasteiger partial charge is 0.394 e. The van der Waals surface area contributed by atoms with Crippen molar-refractivity contribution in [2.24, 2.45) is 0 Å². The van der Waals surface area contributed by atoms with Gasteiger partial charge < -0.3 is 41.4 Å². The van der Waals surface area contributed by atoms with Crippen molar-refractivity contribution in [2.75, 3.05) is 24.7 Å². The molecule has 2 aliphatic rings. The van der Waals surface area contributed by atoms with Gasteiger partial charge in [-0.25, -0.2) is 19.6 Å². The third-order valence-corrected chi connectivity index (χ3v) is 4.88. The summed E-state index contributed by atoms with van der Waals surface area (Å²) < 4.78 is 12.8. The summed E-state index contributed by atoms with van der Waals surface area (Å²) in [5.74, 6) is -0.225. The Hall–Kier alpha value is -3.02. The van der Waals surface area contributed by atoms with Crippen LogP contribution in [-0.4, -0.2) is 87.1 Å². The molecule has 2 fully saturated rings. The predicted octanol–water partition coefficient (Wildman–Crippen LogP) is -4.28. The van der Waals surface area contributed by atoms with Crippen LogP contribution in [0.1, 0.15) is 25.3 Å². The zero-order valence-corrected chi connectivity index (χ0v) is 16.7. The number of anilines is 2. The van der Waals surface area contributed by atoms with Gasteiger partial charge in [0.15, 0.2) is 0 Å². The van der Waals surface area contributed by atoms with Crippen molar-refractivity contribution in [3.63, 3.8) is 0 Å². The fourth-order valence-electron chi connectivity index (χ4n) is 3.21. The van der Waals surface area contributed by atoms with Crippen LogP contribution in [0.4, 0.5) is 11.9 Å². The molecule has 6 atom stereocenters. The fraction of sp³-hybridized carbons (Fsp3) is 0.625. The minimum Gasteiger partial charge on any atom is -0.394 e. The van der Waals surface area contributed by atoms with E-state index in [9.17, 15) is 19.8 Å². The van der Waals surface area contributed by atoms with Gasteiger partial charge in [-0.3, -0.25) is 9.13 Å². The van der Waals surface area contributed by atoms with Crippen molar-refractivity contribution in [3.05, 3.63) is 33.6 Å². The monoisotopic (exact) mass is 456 g/mol. The zero-order chi connectivity index (χ0) is 23.4. The second-order valence-electron chi connectivity index (χ2n) is 7.04. The van der Waals surface area contributed by atoms with Gasteiger partial charge >= 0.3 is 11.4 Å². The van der Waals surface area contributed by atoms with E-state index in [0.717, 1.165) is 9.13 Å². The van der Waals surface area contributed by atoms with Gasteiger partial charge in [0.25, 0.3) is 0 Å². The van der Waals surface area contributed by atoms with Crippen molar-refractivity contribution in [1.29, 1.82) is 0 Å². The van der Waals surface area contributed by atoms with Crippen LogP contribution >= 0.6 is 0 Å². The lowest BCUT2D eigenvalue weighted by Crippen LogP contribution is -2.28. The van der Waals surface area contributed by atoms with Crippen LogP contribution < -0.4 is 22.8 Å². The van der Waals surface area contributed by atoms with Crippen LogP contribution in [0.2, 0.25) is 0 Å². The first-order chi connectivity index (χ1) is 15.2. The Morgan fingerprint density at radius 1 is 0.844 bits per heavy atom. The highest BCUT2D eigenvalue weighted by Crippen LogP contribution is 2.27. The van der Waals surface area contributed by atoms with Gasteiger partial charge in [-0.1, -0.05) is 0 Å². The predicted molar refractivity (Wildman–Crippen MR) is 105 cm³/mol. The van der Waals surface area contributed by atoms with E-state index < -0.39 is 48.3 Å². The van der Waals surface area contributed by atoms with E-state index in [-0.39, 0.29) is 38.0 Å². The maximum atomic E-state index is 11.4. The Morgan fingerprint density at radius 2 is 1.22 bits per heavy atom. The number of hydrogen-bond acceptors (Lipinski definition) is 14. The molecule has 8 N–H and O–H groups in total. The minimum atomic E-state index is -0.806. The van der Waals surface area contributed by atoms with Gasteiger partial charge in [0.2, 0.25) is 11.9 Å². The second-order valence-corrected chi connectivity index (χ2v) is 7.04. The number of aromatic nitrogens is 6. The van der Waals surface area contributed by atoms with E-state index >= 15 is 0 Å². The summed E-state index contributed by atoms with van der Waals surface area (Å²) in [5.41, 5.74) is 9.29. The second kappa shape index (κ2) is 10.1. The summed E-state index contributed by atoms with van der Waals surface area (Å²) in [6.07, 6.45) is -1.48. The Kier molecular flexibility index (Phi) is 7.44. The molecule has 4 rings (SSSR count). The van der Waals surface area contributed by atoms with Crippen molar-refractivity contribution in [1.82, 2.24) is 29.1 Å². The molecule has 2 saturated heterocycles. The molecule has 0 spiro atoms. The molecule has 32 heavy (non-hydrogen) atoms. The molecule has 16 nitrogen and oxygen atoms in total. The maximum Gasteiger partial charge on any atom is 0.354 e. The summed E-state index contributed by atoms with van der Waals surface area (Å²) in [5, 5.41) is 36.8. The number of aliphatic hydroxyl groups excluding tert-OH is 4. The molecular weight excluding hydrogens is 432 g/mol. The first-order valence-corrected chi connectivity index (χ1v) is 9.53. The molecule has 4 heterocycles. The molecule has 0 saturated carbocycles. The van der Waals surface area contributed by atoms with Crippen LogP contribution in [-0.2, 0) is 9.47 Å². The highest BCUT2D eigenvalue weighted by molar-refractivity contribution is 5.10. The van der Waals surface area contributed by atoms with Gasteiger partial charge in [-0.15, -0.1) is 0 Å². The van der Waals surface area contributed by atoms with Crippen LogP contribution in [0, 0.1) is 0 Å². The van der Waals surface area contributed by atoms with Gasteiger partial charge in [-0.05, 0) is 0 Å². The average molecular weight is 456 g/mol. The number of rotatable bonds is 4. The summed E-state index contributed by atoms with van der Waals surface area (Å²) in [7, 11) is 0. The summed E-state index contributed by atoms with van der Waals surface area (Å²) in [6, 6.07) is 0. The molecule has 2 aromatic rings. The normalized spacial score (nSPS) is 29.5. The van der Waals surface area contributed by atoms with Gasteiger partial charge in [0, 0.05) is 12.8 Å². The average Bonchev–Trinajstić information content (AvgIpc) is 3.30. The van der Waals surface area contributed by atoms with Crippen LogP contribution in [0.5, 0.6) is 0 Å². The number of nitrogens with two attached hydrogens (primary N) is 2. The van der Waals surface area contributed by atoms with E-state index in [0.29, 0.717) is 0 Å². The lowest BCUT2D eigenvalue weighted by molar-refractivity contribution is -0.0462. The number of nitrogen functional groups attached to an aromatic ring is 2. The Morgan fingerprint density at radius 3 is 1.50 bits per heavy atom. The Balaban J connectivity index is 0.000000181. The molecule has 3 unspecified atom stereocenters. The highest BCUT2D eigenvalue weighted by atomic mass is 16.5. The zero-order valence-electron chi connectivity index (χ0n) is 16.7. The van der Waals surface area contributed by atoms with Crippen molar-refractivity contribution in [2.45, 2.75) is 49.7 Å². The van der Waals surface area contributed by atoms with Gasteiger partial charge in [0.1, 0.15) is 37.3 Å². The Bertz CT molecular complexity index is 950. The van der Waals surface area contributed by atoms with Crippen LogP contribution in [0.3, 0.4) is 0 Å². The third-order valence-electron chi connectivity index (χ3n) is 4.88. The molecular formula is C16H24N8O8. The van der Waals surface area contributed by atoms with E-state index in [2.05, 4.69) is 19.9 Å². The Labute approximate surface area is 179 Å². The molecule has 0 aromatic carbocycles. The molecule has 0 amide bonds. The first-order valence-electron chi connectivity index (χ1n) is 9.53. The molecule has 16 heteroatoms. The minimum absolute atomic E-state index is 0.112. The third kappa shape index (κ3) is 5.23. The number of hydrogen-bond donors (Lipinski definition) is 6. The van der Waals surface area contributed by atoms with Gasteiger partial charge in [0.05, 0.1) is 25.4 Å². The fourth-order valence-corrected chi connectivity index (χ4v) is 3.21. The number of nitrogens with zero attached hydrogens (tertiary/aromatic N) is 6. The van der Waals surface area contributed by atoms with E-state index in [1.807, 2.05) is 0 Å². The quantitative estimate of drug-likeness (QED) is 0.255. The standard InChI is InChI=1S/2C8H12N4O4/c2*9-7-10-3-12(8(15)11-7)6-1-4(14)5(2-13)16-6/h2*3-6,13-14H,1-2H2,(H2,9,11,15)/t4-,5+,6+;/m0./s1. The van der Waals surface area contributed by atoms with Crippen molar-refractivity contribution < 1.29 is 29.9 Å². The molecule has 2 aliphatic heterocycles. The molecule has 2 aromatic heterocycles. The maximum absolute atomic E-state index is 11.4. The molecule has 176 valence electrons. The summed E-state index contributed by atoms with van der Waals surface area (Å²) >= 11 is 0. The molecule has 0 bridgehead atoms. The molecule has 0 aliphatic carbocycles. The SMILES string of the molecule is Nc1ncn(C2CC(O)C(CO)O2)c(=O)n1.Nc1ncn([C@H]2C[C@H](O)[C@@H](CO)O2)c(=O)n1. The van der Waals surface area contributed by atoms with E-state index in [1.54, 1.807) is 0 Å². The first kappa shape index (κ1) is 23.6. The summed E-state index contributed by atoms with van der Waals surface area (Å²) in [4.78, 5) is 37.1. The van der Waals surface area contributed by atoms with Crippen molar-refractivity contribution >= 4 is 11.9 Å². The van der Waals surface area contributed by atoms with Crippen LogP contribution in [0.15, 0.2) is 22.2 Å². The van der Waals surface area contributed by atoms with E-state index in [1.165, 1.54) is 12.7 Å². The lowest BCUT2D eigenvalue weighted by Gasteiger charge is -2.13. The highest BCUT2D eigenvalue weighted by Gasteiger charge is 2.36. The van der Waals surface area contributed by atoms with Crippen molar-refractivity contribution in [3.8, 4) is 0 Å². The topological polar surface area (TPSA) is 247 Å². The van der Waals surface area contributed by atoms with Gasteiger partial charge in [-0.2, -0.15) is 9.97 Å². The van der Waals surface area contributed by atoms with Crippen LogP contribution in [0.25, 0.3) is 0 Å².